The third-order valence-corrected chi connectivity index (χ3v) is 3.03. The molecule has 2 rings (SSSR count). The maximum Gasteiger partial charge on any atom is 0.0141 e. The molecule has 2 aromatic carbocycles. The van der Waals surface area contributed by atoms with Gasteiger partial charge in [0.25, 0.3) is 0 Å². The highest BCUT2D eigenvalue weighted by atomic mass is 35.5. The Morgan fingerprint density at radius 3 is 2.26 bits per heavy atom. The van der Waals surface area contributed by atoms with E-state index in [-0.39, 0.29) is 12.4 Å². The van der Waals surface area contributed by atoms with E-state index in [2.05, 4.69) is 72.9 Å². The second-order valence-corrected chi connectivity index (χ2v) is 4.36. The molecule has 0 aliphatic heterocycles. The molecule has 0 aliphatic rings. The number of nitrogens with one attached hydrogen (secondary N) is 1. The zero-order valence-corrected chi connectivity index (χ0v) is 12.2. The normalized spacial score (nSPS) is 10.9. The number of rotatable bonds is 4. The molecule has 0 atom stereocenters. The second kappa shape index (κ2) is 7.78. The molecule has 0 spiro atoms. The van der Waals surface area contributed by atoms with Crippen LogP contribution in [0.2, 0.25) is 0 Å². The molecule has 0 bridgehead atoms. The summed E-state index contributed by atoms with van der Waals surface area (Å²) in [6.07, 6.45) is 2.25. The van der Waals surface area contributed by atoms with E-state index in [0.717, 1.165) is 6.54 Å². The second-order valence-electron chi connectivity index (χ2n) is 4.36. The minimum absolute atomic E-state index is 0. The highest BCUT2D eigenvalue weighted by Crippen LogP contribution is 2.25. The molecule has 0 radical (unpaired) electrons. The fourth-order valence-electron chi connectivity index (χ4n) is 2.08. The molecule has 2 heteroatoms. The zero-order valence-electron chi connectivity index (χ0n) is 11.4. The van der Waals surface area contributed by atoms with Crippen molar-refractivity contribution in [2.24, 2.45) is 0 Å². The third kappa shape index (κ3) is 3.95. The molecule has 0 saturated heterocycles. The first-order valence-corrected chi connectivity index (χ1v) is 6.29. The van der Waals surface area contributed by atoms with Gasteiger partial charge in [-0.15, -0.1) is 12.4 Å². The SMILES string of the molecule is CNCC=C(c1ccccc1)c1ccccc1C.Cl. The summed E-state index contributed by atoms with van der Waals surface area (Å²) in [7, 11) is 1.97. The molecule has 1 N–H and O–H groups in total. The van der Waals surface area contributed by atoms with Crippen LogP contribution in [0.25, 0.3) is 5.57 Å². The minimum atomic E-state index is 0. The Hall–Kier alpha value is -1.57. The predicted molar refractivity (Wildman–Crippen MR) is 85.9 cm³/mol. The highest BCUT2D eigenvalue weighted by Gasteiger charge is 2.06. The Bertz CT molecular complexity index is 532. The van der Waals surface area contributed by atoms with E-state index >= 15 is 0 Å². The molecule has 0 fully saturated rings. The van der Waals surface area contributed by atoms with E-state index < -0.39 is 0 Å². The monoisotopic (exact) mass is 273 g/mol. The maximum absolute atomic E-state index is 3.18. The van der Waals surface area contributed by atoms with Crippen molar-refractivity contribution < 1.29 is 0 Å². The Kier molecular flexibility index (Phi) is 6.34. The molecule has 0 amide bonds. The predicted octanol–water partition coefficient (Wildman–Crippen LogP) is 4.07. The Morgan fingerprint density at radius 1 is 1.00 bits per heavy atom. The van der Waals surface area contributed by atoms with Gasteiger partial charge in [-0.25, -0.2) is 0 Å². The maximum atomic E-state index is 3.18. The van der Waals surface area contributed by atoms with Gasteiger partial charge < -0.3 is 5.32 Å². The van der Waals surface area contributed by atoms with Crippen LogP contribution < -0.4 is 5.32 Å². The molecule has 0 unspecified atom stereocenters. The van der Waals surface area contributed by atoms with E-state index in [4.69, 9.17) is 0 Å². The first kappa shape index (κ1) is 15.5. The Balaban J connectivity index is 0.00000180. The third-order valence-electron chi connectivity index (χ3n) is 3.03. The van der Waals surface area contributed by atoms with Crippen molar-refractivity contribution in [3.05, 3.63) is 77.4 Å². The number of benzene rings is 2. The minimum Gasteiger partial charge on any atom is -0.316 e. The number of likely N-dealkylation sites (N-methyl/N-ethyl adjacent to an activating group) is 1. The van der Waals surface area contributed by atoms with Gasteiger partial charge in [0.2, 0.25) is 0 Å². The van der Waals surface area contributed by atoms with Crippen LogP contribution in [0.15, 0.2) is 60.7 Å². The summed E-state index contributed by atoms with van der Waals surface area (Å²) in [5.74, 6) is 0. The van der Waals surface area contributed by atoms with Crippen LogP contribution in [0.3, 0.4) is 0 Å². The van der Waals surface area contributed by atoms with E-state index in [9.17, 15) is 0 Å². The number of halogens is 1. The molecule has 0 heterocycles. The first-order valence-electron chi connectivity index (χ1n) is 6.29. The first-order chi connectivity index (χ1) is 8.83. The highest BCUT2D eigenvalue weighted by molar-refractivity contribution is 5.85. The summed E-state index contributed by atoms with van der Waals surface area (Å²) in [6, 6.07) is 19.1. The van der Waals surface area contributed by atoms with Gasteiger partial charge in [-0.1, -0.05) is 60.7 Å². The molecule has 0 aromatic heterocycles. The van der Waals surface area contributed by atoms with Crippen molar-refractivity contribution in [1.29, 1.82) is 0 Å². The van der Waals surface area contributed by atoms with Crippen molar-refractivity contribution >= 4 is 18.0 Å². The van der Waals surface area contributed by atoms with Crippen molar-refractivity contribution in [3.63, 3.8) is 0 Å². The van der Waals surface area contributed by atoms with Gasteiger partial charge in [-0.3, -0.25) is 0 Å². The lowest BCUT2D eigenvalue weighted by molar-refractivity contribution is 0.920. The standard InChI is InChI=1S/C17H19N.ClH/c1-14-8-6-7-11-16(14)17(12-13-18-2)15-9-4-3-5-10-15;/h3-12,18H,13H2,1-2H3;1H. The van der Waals surface area contributed by atoms with Crippen LogP contribution in [0.5, 0.6) is 0 Å². The van der Waals surface area contributed by atoms with Crippen molar-refractivity contribution in [3.8, 4) is 0 Å². The lowest BCUT2D eigenvalue weighted by Crippen LogP contribution is -2.05. The summed E-state index contributed by atoms with van der Waals surface area (Å²) < 4.78 is 0. The van der Waals surface area contributed by atoms with Crippen molar-refractivity contribution in [2.75, 3.05) is 13.6 Å². The van der Waals surface area contributed by atoms with Gasteiger partial charge in [-0.2, -0.15) is 0 Å². The van der Waals surface area contributed by atoms with E-state index in [1.165, 1.54) is 22.3 Å². The van der Waals surface area contributed by atoms with Gasteiger partial charge in [0.05, 0.1) is 0 Å². The average molecular weight is 274 g/mol. The summed E-state index contributed by atoms with van der Waals surface area (Å²) in [4.78, 5) is 0. The van der Waals surface area contributed by atoms with Crippen LogP contribution in [0.4, 0.5) is 0 Å². The van der Waals surface area contributed by atoms with Crippen molar-refractivity contribution in [1.82, 2.24) is 5.32 Å². The molecular formula is C17H20ClN. The summed E-state index contributed by atoms with van der Waals surface area (Å²) in [5, 5.41) is 3.18. The van der Waals surface area contributed by atoms with Gasteiger partial charge in [0, 0.05) is 6.54 Å². The van der Waals surface area contributed by atoms with Crippen LogP contribution in [-0.4, -0.2) is 13.6 Å². The van der Waals surface area contributed by atoms with Crippen molar-refractivity contribution in [2.45, 2.75) is 6.92 Å². The number of aryl methyl sites for hydroxylation is 1. The van der Waals surface area contributed by atoms with Crippen LogP contribution in [0.1, 0.15) is 16.7 Å². The quantitative estimate of drug-likeness (QED) is 0.886. The molecule has 100 valence electrons. The van der Waals surface area contributed by atoms with Gasteiger partial charge in [0.15, 0.2) is 0 Å². The topological polar surface area (TPSA) is 12.0 Å². The molecule has 2 aromatic rings. The van der Waals surface area contributed by atoms with E-state index in [1.54, 1.807) is 0 Å². The number of hydrogen-bond donors (Lipinski definition) is 1. The lowest BCUT2D eigenvalue weighted by atomic mass is 9.94. The van der Waals surface area contributed by atoms with Gasteiger partial charge >= 0.3 is 0 Å². The van der Waals surface area contributed by atoms with Gasteiger partial charge in [0.1, 0.15) is 0 Å². The van der Waals surface area contributed by atoms with Gasteiger partial charge in [-0.05, 0) is 36.2 Å². The lowest BCUT2D eigenvalue weighted by Gasteiger charge is -2.11. The van der Waals surface area contributed by atoms with Crippen LogP contribution in [-0.2, 0) is 0 Å². The van der Waals surface area contributed by atoms with Crippen LogP contribution >= 0.6 is 12.4 Å². The summed E-state index contributed by atoms with van der Waals surface area (Å²) in [5.41, 5.74) is 5.17. The molecule has 1 nitrogen and oxygen atoms in total. The molecular weight excluding hydrogens is 254 g/mol. The van der Waals surface area contributed by atoms with Crippen LogP contribution in [0, 0.1) is 6.92 Å². The smallest absolute Gasteiger partial charge is 0.0141 e. The fraction of sp³-hybridized carbons (Fsp3) is 0.176. The summed E-state index contributed by atoms with van der Waals surface area (Å²) >= 11 is 0. The summed E-state index contributed by atoms with van der Waals surface area (Å²) in [6.45, 7) is 3.03. The average Bonchev–Trinajstić information content (AvgIpc) is 2.42. The Morgan fingerprint density at radius 2 is 1.63 bits per heavy atom. The fourth-order valence-corrected chi connectivity index (χ4v) is 2.08. The van der Waals surface area contributed by atoms with E-state index in [0.29, 0.717) is 0 Å². The molecule has 19 heavy (non-hydrogen) atoms. The number of hydrogen-bond acceptors (Lipinski definition) is 1. The zero-order chi connectivity index (χ0) is 12.8. The largest absolute Gasteiger partial charge is 0.316 e. The molecule has 0 saturated carbocycles. The van der Waals surface area contributed by atoms with E-state index in [1.807, 2.05) is 7.05 Å². The Labute approximate surface area is 121 Å². The molecule has 0 aliphatic carbocycles.